The summed E-state index contributed by atoms with van der Waals surface area (Å²) in [5.74, 6) is 1.46. The number of nitrogens with two attached hydrogens (primary N) is 1. The van der Waals surface area contributed by atoms with Crippen LogP contribution in [0.15, 0.2) is 54.6 Å². The molecule has 1 aliphatic heterocycles. The van der Waals surface area contributed by atoms with Crippen LogP contribution < -0.4 is 15.2 Å². The van der Waals surface area contributed by atoms with Crippen LogP contribution in [0, 0.1) is 5.92 Å². The summed E-state index contributed by atoms with van der Waals surface area (Å²) in [6, 6.07) is 17.2. The first kappa shape index (κ1) is 20.2. The summed E-state index contributed by atoms with van der Waals surface area (Å²) >= 11 is 0. The summed E-state index contributed by atoms with van der Waals surface area (Å²) in [6.45, 7) is 1.89. The fourth-order valence-corrected chi connectivity index (χ4v) is 3.73. The van der Waals surface area contributed by atoms with E-state index in [-0.39, 0.29) is 24.1 Å². The lowest BCUT2D eigenvalue weighted by molar-refractivity contribution is -0.155. The van der Waals surface area contributed by atoms with Gasteiger partial charge in [0.15, 0.2) is 0 Å². The minimum atomic E-state index is -0.570. The highest BCUT2D eigenvalue weighted by atomic mass is 16.6. The number of ether oxygens (including phenoxy) is 3. The Morgan fingerprint density at radius 2 is 1.75 bits per heavy atom. The topological polar surface area (TPSA) is 70.8 Å². The second kappa shape index (κ2) is 9.60. The number of methoxy groups -OCH3 is 1. The minimum Gasteiger partial charge on any atom is -0.497 e. The van der Waals surface area contributed by atoms with E-state index in [0.717, 1.165) is 30.8 Å². The van der Waals surface area contributed by atoms with Crippen LogP contribution in [0.3, 0.4) is 0 Å². The normalized spacial score (nSPS) is 25.8. The van der Waals surface area contributed by atoms with Crippen molar-refractivity contribution in [3.63, 3.8) is 0 Å². The Balaban J connectivity index is 1.84. The van der Waals surface area contributed by atoms with Crippen LogP contribution in [0.5, 0.6) is 11.5 Å². The molecule has 5 nitrogen and oxygen atoms in total. The Morgan fingerprint density at radius 1 is 1.04 bits per heavy atom. The number of cyclic esters (lactones) is 1. The van der Waals surface area contributed by atoms with Gasteiger partial charge >= 0.3 is 5.97 Å². The highest BCUT2D eigenvalue weighted by Gasteiger charge is 2.34. The molecule has 4 unspecified atom stereocenters. The average Bonchev–Trinajstić information content (AvgIpc) is 2.76. The van der Waals surface area contributed by atoms with E-state index >= 15 is 0 Å². The van der Waals surface area contributed by atoms with Crippen LogP contribution in [0.25, 0.3) is 0 Å². The lowest BCUT2D eigenvalue weighted by atomic mass is 9.86. The number of hydrogen-bond acceptors (Lipinski definition) is 5. The first-order valence-corrected chi connectivity index (χ1v) is 9.87. The molecule has 1 heterocycles. The smallest absolute Gasteiger partial charge is 0.323 e. The summed E-state index contributed by atoms with van der Waals surface area (Å²) in [4.78, 5) is 12.2. The highest BCUT2D eigenvalue weighted by molar-refractivity contribution is 5.75. The lowest BCUT2D eigenvalue weighted by Crippen LogP contribution is -2.42. The SMILES string of the molecule is COc1ccc(CC2CCCC(N)C(=O)OC(C)C2Oc2ccccc2)cc1. The second-order valence-corrected chi connectivity index (χ2v) is 7.39. The highest BCUT2D eigenvalue weighted by Crippen LogP contribution is 2.29. The Hall–Kier alpha value is -2.53. The molecule has 150 valence electrons. The molecule has 4 atom stereocenters. The summed E-state index contributed by atoms with van der Waals surface area (Å²) in [5.41, 5.74) is 7.18. The van der Waals surface area contributed by atoms with E-state index < -0.39 is 6.04 Å². The van der Waals surface area contributed by atoms with Crippen LogP contribution >= 0.6 is 0 Å². The minimum absolute atomic E-state index is 0.196. The van der Waals surface area contributed by atoms with Gasteiger partial charge in [0.1, 0.15) is 29.7 Å². The predicted octanol–water partition coefficient (Wildman–Crippen LogP) is 3.74. The fraction of sp³-hybridized carbons (Fsp3) is 0.435. The number of carbonyl (C=O) groups excluding carboxylic acids is 1. The number of carbonyl (C=O) groups is 1. The molecular weight excluding hydrogens is 354 g/mol. The van der Waals surface area contributed by atoms with Crippen LogP contribution in [0.1, 0.15) is 31.7 Å². The number of hydrogen-bond donors (Lipinski definition) is 1. The zero-order valence-corrected chi connectivity index (χ0v) is 16.5. The molecule has 2 aromatic rings. The van der Waals surface area contributed by atoms with Gasteiger partial charge in [0.05, 0.1) is 7.11 Å². The molecular formula is C23H29NO4. The van der Waals surface area contributed by atoms with Gasteiger partial charge in [-0.3, -0.25) is 4.79 Å². The van der Waals surface area contributed by atoms with E-state index in [1.807, 2.05) is 49.4 Å². The third-order valence-electron chi connectivity index (χ3n) is 5.29. The van der Waals surface area contributed by atoms with Gasteiger partial charge < -0.3 is 19.9 Å². The Bertz CT molecular complexity index is 747. The van der Waals surface area contributed by atoms with E-state index in [9.17, 15) is 4.79 Å². The molecule has 0 spiro atoms. The molecule has 5 heteroatoms. The number of para-hydroxylation sites is 1. The summed E-state index contributed by atoms with van der Waals surface area (Å²) in [6.07, 6.45) is 2.59. The first-order valence-electron chi connectivity index (χ1n) is 9.87. The molecule has 1 aliphatic rings. The van der Waals surface area contributed by atoms with E-state index in [1.165, 1.54) is 5.56 Å². The molecule has 0 bridgehead atoms. The first-order chi connectivity index (χ1) is 13.6. The third-order valence-corrected chi connectivity index (χ3v) is 5.29. The van der Waals surface area contributed by atoms with E-state index in [1.54, 1.807) is 7.11 Å². The maximum atomic E-state index is 12.2. The van der Waals surface area contributed by atoms with Crippen molar-refractivity contribution in [2.45, 2.75) is 50.9 Å². The largest absolute Gasteiger partial charge is 0.497 e. The number of esters is 1. The van der Waals surface area contributed by atoms with Crippen molar-refractivity contribution in [2.75, 3.05) is 7.11 Å². The van der Waals surface area contributed by atoms with Crippen LogP contribution in [0.2, 0.25) is 0 Å². The van der Waals surface area contributed by atoms with Crippen LogP contribution in [0.4, 0.5) is 0 Å². The van der Waals surface area contributed by atoms with Gasteiger partial charge in [-0.1, -0.05) is 36.8 Å². The van der Waals surface area contributed by atoms with Gasteiger partial charge in [0.2, 0.25) is 0 Å². The van der Waals surface area contributed by atoms with E-state index in [4.69, 9.17) is 19.9 Å². The molecule has 0 aliphatic carbocycles. The van der Waals surface area contributed by atoms with Gasteiger partial charge in [0.25, 0.3) is 0 Å². The third kappa shape index (κ3) is 5.26. The fourth-order valence-electron chi connectivity index (χ4n) is 3.73. The number of rotatable bonds is 5. The summed E-state index contributed by atoms with van der Waals surface area (Å²) < 4.78 is 17.2. The van der Waals surface area contributed by atoms with Crippen LogP contribution in [-0.2, 0) is 16.0 Å². The number of benzene rings is 2. The van der Waals surface area contributed by atoms with Crippen molar-refractivity contribution >= 4 is 5.97 Å². The van der Waals surface area contributed by atoms with Gasteiger partial charge in [-0.05, 0) is 56.0 Å². The summed E-state index contributed by atoms with van der Waals surface area (Å²) in [5, 5.41) is 0. The maximum absolute atomic E-state index is 12.2. The lowest BCUT2D eigenvalue weighted by Gasteiger charge is -2.31. The molecule has 0 saturated carbocycles. The molecule has 1 fully saturated rings. The zero-order valence-electron chi connectivity index (χ0n) is 16.5. The zero-order chi connectivity index (χ0) is 19.9. The standard InChI is InChI=1S/C23H29NO4/c1-16-22(28-20-8-4-3-5-9-20)18(7-6-10-21(24)23(25)27-16)15-17-11-13-19(26-2)14-12-17/h3-5,8-9,11-14,16,18,21-22H,6-7,10,15,24H2,1-2H3. The van der Waals surface area contributed by atoms with Crippen LogP contribution in [-0.4, -0.2) is 31.3 Å². The molecule has 28 heavy (non-hydrogen) atoms. The quantitative estimate of drug-likeness (QED) is 0.797. The molecule has 0 aromatic heterocycles. The molecule has 0 radical (unpaired) electrons. The Kier molecular flexibility index (Phi) is 6.93. The average molecular weight is 383 g/mol. The van der Waals surface area contributed by atoms with Crippen molar-refractivity contribution in [1.82, 2.24) is 0 Å². The van der Waals surface area contributed by atoms with Crippen molar-refractivity contribution in [2.24, 2.45) is 11.7 Å². The van der Waals surface area contributed by atoms with Gasteiger partial charge in [0, 0.05) is 5.92 Å². The van der Waals surface area contributed by atoms with Gasteiger partial charge in [-0.15, -0.1) is 0 Å². The van der Waals surface area contributed by atoms with E-state index in [0.29, 0.717) is 6.42 Å². The Morgan fingerprint density at radius 3 is 2.43 bits per heavy atom. The van der Waals surface area contributed by atoms with E-state index in [2.05, 4.69) is 12.1 Å². The monoisotopic (exact) mass is 383 g/mol. The van der Waals surface area contributed by atoms with Gasteiger partial charge in [-0.2, -0.15) is 0 Å². The molecule has 2 aromatic carbocycles. The predicted molar refractivity (Wildman–Crippen MR) is 108 cm³/mol. The second-order valence-electron chi connectivity index (χ2n) is 7.39. The maximum Gasteiger partial charge on any atom is 0.323 e. The van der Waals surface area contributed by atoms with Crippen molar-refractivity contribution < 1.29 is 19.0 Å². The van der Waals surface area contributed by atoms with Crippen molar-refractivity contribution in [3.8, 4) is 11.5 Å². The Labute approximate surface area is 166 Å². The van der Waals surface area contributed by atoms with Gasteiger partial charge in [-0.25, -0.2) is 0 Å². The molecule has 2 N–H and O–H groups in total. The molecule has 0 amide bonds. The summed E-state index contributed by atoms with van der Waals surface area (Å²) in [7, 11) is 1.66. The van der Waals surface area contributed by atoms with Crippen molar-refractivity contribution in [3.05, 3.63) is 60.2 Å². The van der Waals surface area contributed by atoms with Crippen molar-refractivity contribution in [1.29, 1.82) is 0 Å². The molecule has 1 saturated heterocycles. The molecule has 3 rings (SSSR count).